The zero-order valence-corrected chi connectivity index (χ0v) is 22.6. The SMILES string of the molecule is CC(N)COC(=O)OCC(=O)[C@@]12OC(C)(C)O[C@@H]1C[C@H]1[C@@H]3CCC4=CC(=O)C=C[C@]4(C)[C@@]3(F)[C@@H](O)C[C@@]12C. The fourth-order valence-corrected chi connectivity index (χ4v) is 8.28. The van der Waals surface area contributed by atoms with E-state index in [2.05, 4.69) is 0 Å². The standard InChI is InChI=1S/C28H38FNO8/c1-15(30)13-35-23(34)36-14-21(33)28-22(37-24(2,3)38-28)11-19-18-7-6-16-10-17(31)8-9-25(16,4)27(18,29)20(32)12-26(19,28)5/h8-10,15,18-20,22,32H,6-7,11-14,30H2,1-5H3/t15?,18-,19-,20-,22+,25-,26-,27-,28+/m0/s1. The highest BCUT2D eigenvalue weighted by molar-refractivity contribution is 6.01. The number of ketones is 2. The Labute approximate surface area is 221 Å². The molecule has 210 valence electrons. The van der Waals surface area contributed by atoms with Gasteiger partial charge in [0.25, 0.3) is 0 Å². The second kappa shape index (κ2) is 8.68. The molecule has 0 aromatic carbocycles. The Hall–Kier alpha value is -2.14. The van der Waals surface area contributed by atoms with Crippen molar-refractivity contribution in [3.8, 4) is 0 Å². The van der Waals surface area contributed by atoms with Crippen molar-refractivity contribution in [1.29, 1.82) is 0 Å². The van der Waals surface area contributed by atoms with Crippen molar-refractivity contribution in [1.82, 2.24) is 0 Å². The molecule has 4 aliphatic carbocycles. The van der Waals surface area contributed by atoms with Gasteiger partial charge in [-0.05, 0) is 71.4 Å². The van der Waals surface area contributed by atoms with Gasteiger partial charge in [-0.3, -0.25) is 9.59 Å². The molecule has 1 unspecified atom stereocenters. The topological polar surface area (TPSA) is 134 Å². The Morgan fingerprint density at radius 1 is 1.24 bits per heavy atom. The van der Waals surface area contributed by atoms with Gasteiger partial charge in [-0.1, -0.05) is 18.6 Å². The number of aliphatic hydroxyl groups is 1. The van der Waals surface area contributed by atoms with Crippen molar-refractivity contribution in [3.63, 3.8) is 0 Å². The van der Waals surface area contributed by atoms with Crippen LogP contribution in [0.3, 0.4) is 0 Å². The van der Waals surface area contributed by atoms with Crippen molar-refractivity contribution in [2.24, 2.45) is 28.4 Å². The summed E-state index contributed by atoms with van der Waals surface area (Å²) in [4.78, 5) is 38.1. The normalized spacial score (nSPS) is 45.3. The predicted molar refractivity (Wildman–Crippen MR) is 132 cm³/mol. The quantitative estimate of drug-likeness (QED) is 0.510. The molecule has 5 aliphatic rings. The first-order valence-electron chi connectivity index (χ1n) is 13.4. The number of ether oxygens (including phenoxy) is 4. The first kappa shape index (κ1) is 27.4. The van der Waals surface area contributed by atoms with Gasteiger partial charge in [0.1, 0.15) is 6.61 Å². The number of aliphatic hydroxyl groups excluding tert-OH is 1. The van der Waals surface area contributed by atoms with E-state index < -0.39 is 70.6 Å². The highest BCUT2D eigenvalue weighted by Gasteiger charge is 2.80. The van der Waals surface area contributed by atoms with Crippen LogP contribution in [-0.2, 0) is 28.5 Å². The molecule has 5 rings (SSSR count). The van der Waals surface area contributed by atoms with Crippen molar-refractivity contribution in [3.05, 3.63) is 23.8 Å². The third-order valence-corrected chi connectivity index (χ3v) is 9.83. The largest absolute Gasteiger partial charge is 0.508 e. The fraction of sp³-hybridized carbons (Fsp3) is 0.750. The van der Waals surface area contributed by atoms with Crippen molar-refractivity contribution in [2.45, 2.75) is 95.6 Å². The Morgan fingerprint density at radius 2 is 1.95 bits per heavy atom. The number of Topliss-reactive ketones (excluding diaryl/α,β-unsaturated/α-hetero) is 1. The molecule has 0 amide bonds. The Kier molecular flexibility index (Phi) is 6.26. The lowest BCUT2D eigenvalue weighted by Crippen LogP contribution is -2.70. The summed E-state index contributed by atoms with van der Waals surface area (Å²) in [6.07, 6.45) is 2.49. The first-order chi connectivity index (χ1) is 17.6. The average Bonchev–Trinajstić information content (AvgIpc) is 3.23. The van der Waals surface area contributed by atoms with Gasteiger partial charge in [0.05, 0.1) is 12.2 Å². The van der Waals surface area contributed by atoms with Crippen LogP contribution in [0, 0.1) is 22.7 Å². The van der Waals surface area contributed by atoms with Crippen LogP contribution in [0.4, 0.5) is 9.18 Å². The van der Waals surface area contributed by atoms with Gasteiger partial charge in [0.15, 0.2) is 29.4 Å². The monoisotopic (exact) mass is 535 g/mol. The molecule has 0 spiro atoms. The number of alkyl halides is 1. The molecular formula is C28H38FNO8. The third-order valence-electron chi connectivity index (χ3n) is 9.83. The summed E-state index contributed by atoms with van der Waals surface area (Å²) in [7, 11) is 0. The Morgan fingerprint density at radius 3 is 2.63 bits per heavy atom. The van der Waals surface area contributed by atoms with Crippen LogP contribution in [0.15, 0.2) is 23.8 Å². The van der Waals surface area contributed by atoms with Gasteiger partial charge in [0.2, 0.25) is 5.78 Å². The highest BCUT2D eigenvalue weighted by atomic mass is 19.1. The lowest BCUT2D eigenvalue weighted by molar-refractivity contribution is -0.246. The average molecular weight is 536 g/mol. The molecule has 0 bridgehead atoms. The van der Waals surface area contributed by atoms with E-state index in [4.69, 9.17) is 24.7 Å². The molecule has 3 saturated carbocycles. The van der Waals surface area contributed by atoms with Gasteiger partial charge in [0, 0.05) is 22.8 Å². The van der Waals surface area contributed by atoms with E-state index in [0.717, 1.165) is 0 Å². The molecule has 1 aliphatic heterocycles. The van der Waals surface area contributed by atoms with E-state index in [1.54, 1.807) is 33.8 Å². The van der Waals surface area contributed by atoms with Crippen molar-refractivity contribution < 1.29 is 42.8 Å². The molecule has 0 radical (unpaired) electrons. The summed E-state index contributed by atoms with van der Waals surface area (Å²) in [5, 5.41) is 11.6. The number of hydrogen-bond donors (Lipinski definition) is 2. The van der Waals surface area contributed by atoms with Crippen LogP contribution in [0.2, 0.25) is 0 Å². The third kappa shape index (κ3) is 3.59. The maximum absolute atomic E-state index is 17.4. The smallest absolute Gasteiger partial charge is 0.433 e. The zero-order chi connectivity index (χ0) is 27.9. The minimum atomic E-state index is -2.05. The first-order valence-corrected chi connectivity index (χ1v) is 13.4. The number of fused-ring (bicyclic) bond motifs is 7. The summed E-state index contributed by atoms with van der Waals surface area (Å²) in [6, 6.07) is -0.391. The summed E-state index contributed by atoms with van der Waals surface area (Å²) in [5.74, 6) is -2.78. The van der Waals surface area contributed by atoms with Crippen LogP contribution in [-0.4, -0.2) is 71.3 Å². The van der Waals surface area contributed by atoms with E-state index in [9.17, 15) is 19.5 Å². The van der Waals surface area contributed by atoms with E-state index >= 15 is 4.39 Å². The minimum absolute atomic E-state index is 0.0606. The van der Waals surface area contributed by atoms with E-state index in [0.29, 0.717) is 24.8 Å². The molecule has 38 heavy (non-hydrogen) atoms. The summed E-state index contributed by atoms with van der Waals surface area (Å²) in [6.45, 7) is 8.00. The number of hydrogen-bond acceptors (Lipinski definition) is 9. The summed E-state index contributed by atoms with van der Waals surface area (Å²) < 4.78 is 40.1. The summed E-state index contributed by atoms with van der Waals surface area (Å²) >= 11 is 0. The number of carbonyl (C=O) groups excluding carboxylic acids is 3. The maximum atomic E-state index is 17.4. The number of allylic oxidation sites excluding steroid dienone is 4. The van der Waals surface area contributed by atoms with Crippen LogP contribution in [0.1, 0.15) is 60.3 Å². The van der Waals surface area contributed by atoms with Gasteiger partial charge in [-0.25, -0.2) is 9.18 Å². The van der Waals surface area contributed by atoms with Crippen molar-refractivity contribution in [2.75, 3.05) is 13.2 Å². The van der Waals surface area contributed by atoms with E-state index in [1.165, 1.54) is 12.2 Å². The van der Waals surface area contributed by atoms with Crippen LogP contribution < -0.4 is 5.73 Å². The van der Waals surface area contributed by atoms with Gasteiger partial charge in [-0.2, -0.15) is 0 Å². The molecule has 9 nitrogen and oxygen atoms in total. The van der Waals surface area contributed by atoms with Gasteiger partial charge in [-0.15, -0.1) is 0 Å². The lowest BCUT2D eigenvalue weighted by atomic mass is 9.44. The van der Waals surface area contributed by atoms with Crippen LogP contribution in [0.5, 0.6) is 0 Å². The maximum Gasteiger partial charge on any atom is 0.508 e. The Balaban J connectivity index is 1.49. The number of carbonyl (C=O) groups is 3. The van der Waals surface area contributed by atoms with Gasteiger partial charge < -0.3 is 29.8 Å². The molecule has 10 heteroatoms. The molecule has 9 atom stereocenters. The lowest BCUT2D eigenvalue weighted by Gasteiger charge is -2.62. The Bertz CT molecular complexity index is 1120. The molecule has 4 fully saturated rings. The van der Waals surface area contributed by atoms with E-state index in [1.807, 2.05) is 6.92 Å². The van der Waals surface area contributed by atoms with Gasteiger partial charge >= 0.3 is 6.16 Å². The zero-order valence-electron chi connectivity index (χ0n) is 22.6. The number of rotatable bonds is 5. The molecule has 1 saturated heterocycles. The van der Waals surface area contributed by atoms with Crippen molar-refractivity contribution >= 4 is 17.7 Å². The van der Waals surface area contributed by atoms with E-state index in [-0.39, 0.29) is 24.7 Å². The highest BCUT2D eigenvalue weighted by Crippen LogP contribution is 2.72. The predicted octanol–water partition coefficient (Wildman–Crippen LogP) is 2.93. The molecule has 0 aromatic rings. The van der Waals surface area contributed by atoms with Crippen LogP contribution >= 0.6 is 0 Å². The summed E-state index contributed by atoms with van der Waals surface area (Å²) in [5.41, 5.74) is 0.535. The van der Waals surface area contributed by atoms with Crippen LogP contribution in [0.25, 0.3) is 0 Å². The molecule has 0 aromatic heterocycles. The number of halogens is 1. The molecule has 1 heterocycles. The fourth-order valence-electron chi connectivity index (χ4n) is 8.28. The molecule has 3 N–H and O–H groups in total. The minimum Gasteiger partial charge on any atom is -0.433 e. The number of nitrogens with two attached hydrogens (primary N) is 1. The second-order valence-electron chi connectivity index (χ2n) is 12.6. The second-order valence-corrected chi connectivity index (χ2v) is 12.6. The molecular weight excluding hydrogens is 497 g/mol.